The molecule has 0 heterocycles. The third kappa shape index (κ3) is 4.68. The normalized spacial score (nSPS) is 29.6. The van der Waals surface area contributed by atoms with Gasteiger partial charge >= 0.3 is 5.97 Å². The third-order valence-electron chi connectivity index (χ3n) is 5.03. The maximum absolute atomic E-state index is 12.6. The Hall–Kier alpha value is -0.610. The summed E-state index contributed by atoms with van der Waals surface area (Å²) >= 11 is 0. The van der Waals surface area contributed by atoms with Crippen molar-refractivity contribution in [2.24, 2.45) is 11.8 Å². The first-order valence-corrected chi connectivity index (χ1v) is 8.64. The lowest BCUT2D eigenvalue weighted by Gasteiger charge is -2.43. The van der Waals surface area contributed by atoms with Crippen LogP contribution in [0.4, 0.5) is 0 Å². The number of esters is 1. The highest BCUT2D eigenvalue weighted by Gasteiger charge is 2.47. The summed E-state index contributed by atoms with van der Waals surface area (Å²) in [6, 6.07) is 0. The first kappa shape index (κ1) is 18.4. The SMILES string of the molecule is CCOC(=O)C1(NCCN(CC)CC)CCC(C)CC1C. The molecular weight excluding hydrogens is 264 g/mol. The van der Waals surface area contributed by atoms with Gasteiger partial charge in [0.05, 0.1) is 6.61 Å². The van der Waals surface area contributed by atoms with Crippen molar-refractivity contribution in [3.05, 3.63) is 0 Å². The zero-order valence-corrected chi connectivity index (χ0v) is 14.6. The van der Waals surface area contributed by atoms with Gasteiger partial charge in [-0.25, -0.2) is 0 Å². The van der Waals surface area contributed by atoms with Crippen molar-refractivity contribution in [1.29, 1.82) is 0 Å². The predicted octanol–water partition coefficient (Wildman–Crippen LogP) is 2.68. The van der Waals surface area contributed by atoms with Crippen molar-refractivity contribution < 1.29 is 9.53 Å². The van der Waals surface area contributed by atoms with Crippen molar-refractivity contribution >= 4 is 5.97 Å². The maximum Gasteiger partial charge on any atom is 0.326 e. The van der Waals surface area contributed by atoms with E-state index in [4.69, 9.17) is 4.74 Å². The molecule has 0 amide bonds. The Morgan fingerprint density at radius 3 is 2.48 bits per heavy atom. The molecule has 0 spiro atoms. The fourth-order valence-electron chi connectivity index (χ4n) is 3.52. The molecular formula is C17H34N2O2. The number of hydrogen-bond donors (Lipinski definition) is 1. The Morgan fingerprint density at radius 2 is 1.95 bits per heavy atom. The number of nitrogens with one attached hydrogen (secondary N) is 1. The van der Waals surface area contributed by atoms with Crippen LogP contribution in [-0.2, 0) is 9.53 Å². The molecule has 0 bridgehead atoms. The van der Waals surface area contributed by atoms with Crippen LogP contribution in [0.3, 0.4) is 0 Å². The molecule has 4 nitrogen and oxygen atoms in total. The molecule has 3 unspecified atom stereocenters. The summed E-state index contributed by atoms with van der Waals surface area (Å²) in [6.45, 7) is 15.1. The van der Waals surface area contributed by atoms with Gasteiger partial charge < -0.3 is 15.0 Å². The van der Waals surface area contributed by atoms with Gasteiger partial charge in [0.1, 0.15) is 5.54 Å². The van der Waals surface area contributed by atoms with E-state index in [1.165, 1.54) is 0 Å². The molecule has 0 aliphatic heterocycles. The molecule has 0 aromatic heterocycles. The summed E-state index contributed by atoms with van der Waals surface area (Å²) in [5.74, 6) is 0.980. The van der Waals surface area contributed by atoms with Gasteiger partial charge in [-0.3, -0.25) is 4.79 Å². The van der Waals surface area contributed by atoms with E-state index in [9.17, 15) is 4.79 Å². The highest BCUT2D eigenvalue weighted by Crippen LogP contribution is 2.37. The van der Waals surface area contributed by atoms with Gasteiger partial charge in [-0.15, -0.1) is 0 Å². The molecule has 1 saturated carbocycles. The minimum Gasteiger partial charge on any atom is -0.465 e. The van der Waals surface area contributed by atoms with Crippen LogP contribution in [0.5, 0.6) is 0 Å². The molecule has 0 aromatic rings. The van der Waals surface area contributed by atoms with Crippen molar-refractivity contribution in [2.45, 2.75) is 59.4 Å². The van der Waals surface area contributed by atoms with E-state index in [0.29, 0.717) is 18.4 Å². The van der Waals surface area contributed by atoms with Gasteiger partial charge in [0, 0.05) is 13.1 Å². The van der Waals surface area contributed by atoms with Gasteiger partial charge in [0.25, 0.3) is 0 Å². The smallest absolute Gasteiger partial charge is 0.326 e. The minimum absolute atomic E-state index is 0.0519. The fraction of sp³-hybridized carbons (Fsp3) is 0.941. The molecule has 3 atom stereocenters. The van der Waals surface area contributed by atoms with Crippen LogP contribution in [0.25, 0.3) is 0 Å². The summed E-state index contributed by atoms with van der Waals surface area (Å²) in [7, 11) is 0. The van der Waals surface area contributed by atoms with Crippen molar-refractivity contribution in [3.63, 3.8) is 0 Å². The molecule has 4 heteroatoms. The van der Waals surface area contributed by atoms with Crippen LogP contribution >= 0.6 is 0 Å². The summed E-state index contributed by atoms with van der Waals surface area (Å²) < 4.78 is 5.39. The first-order valence-electron chi connectivity index (χ1n) is 8.64. The number of ether oxygens (including phenoxy) is 1. The average Bonchev–Trinajstić information content (AvgIpc) is 2.46. The summed E-state index contributed by atoms with van der Waals surface area (Å²) in [5.41, 5.74) is -0.477. The number of nitrogens with zero attached hydrogens (tertiary/aromatic N) is 1. The number of carbonyl (C=O) groups excluding carboxylic acids is 1. The Balaban J connectivity index is 2.71. The molecule has 1 aliphatic carbocycles. The highest BCUT2D eigenvalue weighted by atomic mass is 16.5. The van der Waals surface area contributed by atoms with E-state index < -0.39 is 5.54 Å². The second-order valence-corrected chi connectivity index (χ2v) is 6.43. The fourth-order valence-corrected chi connectivity index (χ4v) is 3.52. The molecule has 124 valence electrons. The zero-order valence-electron chi connectivity index (χ0n) is 14.6. The summed E-state index contributed by atoms with van der Waals surface area (Å²) in [6.07, 6.45) is 3.09. The molecule has 1 aliphatic rings. The molecule has 1 rings (SSSR count). The van der Waals surface area contributed by atoms with Gasteiger partial charge in [0.15, 0.2) is 0 Å². The topological polar surface area (TPSA) is 41.6 Å². The van der Waals surface area contributed by atoms with Crippen LogP contribution in [0.2, 0.25) is 0 Å². The van der Waals surface area contributed by atoms with E-state index in [-0.39, 0.29) is 5.97 Å². The third-order valence-corrected chi connectivity index (χ3v) is 5.03. The molecule has 1 fully saturated rings. The number of hydrogen-bond acceptors (Lipinski definition) is 4. The van der Waals surface area contributed by atoms with Crippen LogP contribution < -0.4 is 5.32 Å². The van der Waals surface area contributed by atoms with Crippen LogP contribution in [0, 0.1) is 11.8 Å². The lowest BCUT2D eigenvalue weighted by molar-refractivity contribution is -0.156. The van der Waals surface area contributed by atoms with Crippen LogP contribution in [0.1, 0.15) is 53.9 Å². The Morgan fingerprint density at radius 1 is 1.29 bits per heavy atom. The van der Waals surface area contributed by atoms with Crippen LogP contribution in [-0.4, -0.2) is 49.2 Å². The Bertz CT molecular complexity index is 318. The standard InChI is InChI=1S/C17H34N2O2/c1-6-19(7-2)12-11-18-17(16(20)21-8-3)10-9-14(4)13-15(17)5/h14-15,18H,6-13H2,1-5H3. The van der Waals surface area contributed by atoms with E-state index >= 15 is 0 Å². The lowest BCUT2D eigenvalue weighted by atomic mass is 9.70. The Labute approximate surface area is 130 Å². The van der Waals surface area contributed by atoms with Gasteiger partial charge in [-0.2, -0.15) is 0 Å². The molecule has 0 radical (unpaired) electrons. The van der Waals surface area contributed by atoms with Gasteiger partial charge in [-0.1, -0.05) is 27.7 Å². The maximum atomic E-state index is 12.6. The highest BCUT2D eigenvalue weighted by molar-refractivity contribution is 5.81. The van der Waals surface area contributed by atoms with E-state index in [1.54, 1.807) is 0 Å². The number of rotatable bonds is 8. The predicted molar refractivity (Wildman–Crippen MR) is 87.3 cm³/mol. The lowest BCUT2D eigenvalue weighted by Crippen LogP contribution is -2.60. The van der Waals surface area contributed by atoms with Crippen molar-refractivity contribution in [1.82, 2.24) is 10.2 Å². The molecule has 21 heavy (non-hydrogen) atoms. The van der Waals surface area contributed by atoms with E-state index in [1.807, 2.05) is 6.92 Å². The number of carbonyl (C=O) groups is 1. The Kier molecular flexibility index (Phi) is 7.67. The summed E-state index contributed by atoms with van der Waals surface area (Å²) in [4.78, 5) is 14.9. The largest absolute Gasteiger partial charge is 0.465 e. The minimum atomic E-state index is -0.477. The second-order valence-electron chi connectivity index (χ2n) is 6.43. The first-order chi connectivity index (χ1) is 10.00. The quantitative estimate of drug-likeness (QED) is 0.700. The van der Waals surface area contributed by atoms with Gasteiger partial charge in [0.2, 0.25) is 0 Å². The monoisotopic (exact) mass is 298 g/mol. The molecule has 0 saturated heterocycles. The molecule has 0 aromatic carbocycles. The van der Waals surface area contributed by atoms with Crippen molar-refractivity contribution in [2.75, 3.05) is 32.8 Å². The van der Waals surface area contributed by atoms with E-state index in [0.717, 1.165) is 45.4 Å². The van der Waals surface area contributed by atoms with E-state index in [2.05, 4.69) is 37.9 Å². The summed E-state index contributed by atoms with van der Waals surface area (Å²) in [5, 5.41) is 3.57. The average molecular weight is 298 g/mol. The zero-order chi connectivity index (χ0) is 15.9. The van der Waals surface area contributed by atoms with Gasteiger partial charge in [-0.05, 0) is 51.1 Å². The molecule has 1 N–H and O–H groups in total. The van der Waals surface area contributed by atoms with Crippen LogP contribution in [0.15, 0.2) is 0 Å². The van der Waals surface area contributed by atoms with Crippen molar-refractivity contribution in [3.8, 4) is 0 Å². The second kappa shape index (κ2) is 8.74. The number of likely N-dealkylation sites (N-methyl/N-ethyl adjacent to an activating group) is 1.